The van der Waals surface area contributed by atoms with Gasteiger partial charge in [-0.05, 0) is 36.8 Å². The number of amides is 1. The number of carbonyl (C=O) groups is 1. The third-order valence-corrected chi connectivity index (χ3v) is 2.61. The lowest BCUT2D eigenvalue weighted by atomic mass is 10.1. The highest BCUT2D eigenvalue weighted by Crippen LogP contribution is 2.13. The summed E-state index contributed by atoms with van der Waals surface area (Å²) >= 11 is 0. The van der Waals surface area contributed by atoms with Crippen molar-refractivity contribution in [1.29, 1.82) is 0 Å². The van der Waals surface area contributed by atoms with Crippen molar-refractivity contribution in [2.45, 2.75) is 13.0 Å². The van der Waals surface area contributed by atoms with Crippen LogP contribution in [0, 0.1) is 0 Å². The van der Waals surface area contributed by atoms with E-state index < -0.39 is 0 Å². The van der Waals surface area contributed by atoms with Crippen molar-refractivity contribution < 1.29 is 4.79 Å². The minimum absolute atomic E-state index is 0.123. The molecule has 0 fully saturated rings. The van der Waals surface area contributed by atoms with Crippen molar-refractivity contribution >= 4 is 11.6 Å². The smallest absolute Gasteiger partial charge is 0.272 e. The van der Waals surface area contributed by atoms with Crippen molar-refractivity contribution in [2.24, 2.45) is 0 Å². The standard InChI is InChI=1S/C13H14N4O/c1-9(10-4-7-15-8-5-10)17-13(18)12-11(14)3-2-6-16-12/h2-9H,14H2,1H3,(H,17,18)/t9-/m0/s1. The van der Waals surface area contributed by atoms with Crippen LogP contribution in [-0.4, -0.2) is 15.9 Å². The number of anilines is 1. The Morgan fingerprint density at radius 2 is 2.00 bits per heavy atom. The second-order valence-electron chi connectivity index (χ2n) is 3.92. The number of nitrogens with two attached hydrogens (primary N) is 1. The number of rotatable bonds is 3. The lowest BCUT2D eigenvalue weighted by Crippen LogP contribution is -2.28. The van der Waals surface area contributed by atoms with Gasteiger partial charge in [0.1, 0.15) is 0 Å². The molecule has 2 aromatic heterocycles. The molecule has 0 aromatic carbocycles. The highest BCUT2D eigenvalue weighted by molar-refractivity contribution is 5.97. The summed E-state index contributed by atoms with van der Waals surface area (Å²) in [4.78, 5) is 19.9. The summed E-state index contributed by atoms with van der Waals surface area (Å²) in [6.07, 6.45) is 4.92. The van der Waals surface area contributed by atoms with E-state index in [1.54, 1.807) is 30.7 Å². The molecule has 2 rings (SSSR count). The fourth-order valence-corrected chi connectivity index (χ4v) is 1.61. The number of pyridine rings is 2. The predicted molar refractivity (Wildman–Crippen MR) is 68.8 cm³/mol. The minimum atomic E-state index is -0.280. The van der Waals surface area contributed by atoms with Crippen LogP contribution in [-0.2, 0) is 0 Å². The van der Waals surface area contributed by atoms with E-state index in [0.717, 1.165) is 5.56 Å². The largest absolute Gasteiger partial charge is 0.397 e. The zero-order valence-electron chi connectivity index (χ0n) is 10.00. The van der Waals surface area contributed by atoms with Crippen LogP contribution in [0.2, 0.25) is 0 Å². The average molecular weight is 242 g/mol. The highest BCUT2D eigenvalue weighted by Gasteiger charge is 2.14. The Balaban J connectivity index is 2.11. The number of nitrogens with zero attached hydrogens (tertiary/aromatic N) is 2. The number of hydrogen-bond donors (Lipinski definition) is 2. The summed E-state index contributed by atoms with van der Waals surface area (Å²) in [5, 5.41) is 2.84. The zero-order chi connectivity index (χ0) is 13.0. The Hall–Kier alpha value is -2.43. The number of nitrogen functional groups attached to an aromatic ring is 1. The van der Waals surface area contributed by atoms with E-state index >= 15 is 0 Å². The van der Waals surface area contributed by atoms with Crippen LogP contribution in [0.4, 0.5) is 5.69 Å². The molecule has 18 heavy (non-hydrogen) atoms. The molecule has 5 nitrogen and oxygen atoms in total. The quantitative estimate of drug-likeness (QED) is 0.855. The Bertz CT molecular complexity index is 542. The molecule has 0 aliphatic carbocycles. The molecule has 2 heterocycles. The van der Waals surface area contributed by atoms with Gasteiger partial charge in [-0.1, -0.05) is 0 Å². The molecule has 0 radical (unpaired) electrons. The maximum atomic E-state index is 12.0. The second-order valence-corrected chi connectivity index (χ2v) is 3.92. The van der Waals surface area contributed by atoms with Crippen LogP contribution >= 0.6 is 0 Å². The van der Waals surface area contributed by atoms with Crippen LogP contribution in [0.3, 0.4) is 0 Å². The van der Waals surface area contributed by atoms with Gasteiger partial charge in [-0.15, -0.1) is 0 Å². The van der Waals surface area contributed by atoms with Gasteiger partial charge in [0.2, 0.25) is 0 Å². The van der Waals surface area contributed by atoms with Crippen LogP contribution in [0.15, 0.2) is 42.9 Å². The van der Waals surface area contributed by atoms with E-state index in [-0.39, 0.29) is 17.6 Å². The molecule has 1 atom stereocenters. The van der Waals surface area contributed by atoms with Crippen molar-refractivity contribution in [1.82, 2.24) is 15.3 Å². The normalized spacial score (nSPS) is 11.8. The molecule has 0 unspecified atom stereocenters. The van der Waals surface area contributed by atoms with Crippen molar-refractivity contribution in [2.75, 3.05) is 5.73 Å². The van der Waals surface area contributed by atoms with Gasteiger partial charge in [-0.3, -0.25) is 9.78 Å². The second kappa shape index (κ2) is 5.27. The van der Waals surface area contributed by atoms with Gasteiger partial charge in [0.15, 0.2) is 5.69 Å². The first-order valence-corrected chi connectivity index (χ1v) is 5.60. The first kappa shape index (κ1) is 12.0. The van der Waals surface area contributed by atoms with Gasteiger partial charge in [0.05, 0.1) is 11.7 Å². The maximum absolute atomic E-state index is 12.0. The summed E-state index contributed by atoms with van der Waals surface area (Å²) in [6.45, 7) is 1.90. The molecule has 0 spiro atoms. The Morgan fingerprint density at radius 3 is 2.67 bits per heavy atom. The number of nitrogens with one attached hydrogen (secondary N) is 1. The average Bonchev–Trinajstić information content (AvgIpc) is 2.40. The molecule has 0 saturated carbocycles. The van der Waals surface area contributed by atoms with E-state index in [1.165, 1.54) is 0 Å². The topological polar surface area (TPSA) is 80.9 Å². The Labute approximate surface area is 105 Å². The number of aromatic nitrogens is 2. The number of hydrogen-bond acceptors (Lipinski definition) is 4. The zero-order valence-corrected chi connectivity index (χ0v) is 10.00. The summed E-state index contributed by atoms with van der Waals surface area (Å²) in [5.74, 6) is -0.280. The van der Waals surface area contributed by atoms with Crippen molar-refractivity contribution in [3.8, 4) is 0 Å². The summed E-state index contributed by atoms with van der Waals surface area (Å²) in [5.41, 5.74) is 7.30. The summed E-state index contributed by atoms with van der Waals surface area (Å²) in [7, 11) is 0. The fourth-order valence-electron chi connectivity index (χ4n) is 1.61. The van der Waals surface area contributed by atoms with Crippen molar-refractivity contribution in [3.05, 3.63) is 54.1 Å². The van der Waals surface area contributed by atoms with Gasteiger partial charge < -0.3 is 11.1 Å². The molecule has 0 aliphatic heterocycles. The van der Waals surface area contributed by atoms with Crippen LogP contribution in [0.25, 0.3) is 0 Å². The predicted octanol–water partition coefficient (Wildman–Crippen LogP) is 1.55. The van der Waals surface area contributed by atoms with Crippen molar-refractivity contribution in [3.63, 3.8) is 0 Å². The lowest BCUT2D eigenvalue weighted by molar-refractivity contribution is 0.0936. The molecule has 0 bridgehead atoms. The van der Waals surface area contributed by atoms with E-state index in [4.69, 9.17) is 5.73 Å². The molecule has 3 N–H and O–H groups in total. The van der Waals surface area contributed by atoms with Crippen LogP contribution in [0.1, 0.15) is 29.0 Å². The summed E-state index contributed by atoms with van der Waals surface area (Å²) < 4.78 is 0. The molecular formula is C13H14N4O. The van der Waals surface area contributed by atoms with Crippen LogP contribution < -0.4 is 11.1 Å². The Morgan fingerprint density at radius 1 is 1.28 bits per heavy atom. The van der Waals surface area contributed by atoms with Gasteiger partial charge >= 0.3 is 0 Å². The molecule has 2 aromatic rings. The molecule has 5 heteroatoms. The molecule has 1 amide bonds. The van der Waals surface area contributed by atoms with E-state index in [9.17, 15) is 4.79 Å². The highest BCUT2D eigenvalue weighted by atomic mass is 16.1. The lowest BCUT2D eigenvalue weighted by Gasteiger charge is -2.14. The Kier molecular flexibility index (Phi) is 3.52. The third kappa shape index (κ3) is 2.63. The third-order valence-electron chi connectivity index (χ3n) is 2.61. The molecule has 0 aliphatic rings. The first-order valence-electron chi connectivity index (χ1n) is 5.60. The minimum Gasteiger partial charge on any atom is -0.397 e. The molecule has 0 saturated heterocycles. The first-order chi connectivity index (χ1) is 8.68. The van der Waals surface area contributed by atoms with E-state index in [2.05, 4.69) is 15.3 Å². The van der Waals surface area contributed by atoms with Gasteiger partial charge in [0, 0.05) is 18.6 Å². The van der Waals surface area contributed by atoms with E-state index in [1.807, 2.05) is 19.1 Å². The van der Waals surface area contributed by atoms with Gasteiger partial charge in [0.25, 0.3) is 5.91 Å². The van der Waals surface area contributed by atoms with Crippen LogP contribution in [0.5, 0.6) is 0 Å². The summed E-state index contributed by atoms with van der Waals surface area (Å²) in [6, 6.07) is 6.93. The van der Waals surface area contributed by atoms with Gasteiger partial charge in [-0.25, -0.2) is 4.98 Å². The molecule has 92 valence electrons. The fraction of sp³-hybridized carbons (Fsp3) is 0.154. The SMILES string of the molecule is C[C@H](NC(=O)c1ncccc1N)c1ccncc1. The van der Waals surface area contributed by atoms with E-state index in [0.29, 0.717) is 5.69 Å². The monoisotopic (exact) mass is 242 g/mol. The molecular weight excluding hydrogens is 228 g/mol. The van der Waals surface area contributed by atoms with Gasteiger partial charge in [-0.2, -0.15) is 0 Å². The number of carbonyl (C=O) groups excluding carboxylic acids is 1. The maximum Gasteiger partial charge on any atom is 0.272 e.